The van der Waals surface area contributed by atoms with Crippen LogP contribution in [0.2, 0.25) is 0 Å². The van der Waals surface area contributed by atoms with E-state index in [9.17, 15) is 9.18 Å². The molecule has 0 spiro atoms. The molecule has 1 saturated heterocycles. The molecule has 3 rings (SSSR count). The monoisotopic (exact) mass is 372 g/mol. The van der Waals surface area contributed by atoms with E-state index < -0.39 is 0 Å². The average molecular weight is 372 g/mol. The lowest BCUT2D eigenvalue weighted by molar-refractivity contribution is -0.121. The Morgan fingerprint density at radius 2 is 2.04 bits per heavy atom. The molecule has 27 heavy (non-hydrogen) atoms. The zero-order valence-corrected chi connectivity index (χ0v) is 15.7. The fourth-order valence-corrected chi connectivity index (χ4v) is 3.21. The zero-order chi connectivity index (χ0) is 19.2. The molecule has 0 bridgehead atoms. The molecule has 0 radical (unpaired) electrons. The van der Waals surface area contributed by atoms with Crippen molar-refractivity contribution < 1.29 is 13.9 Å². The fraction of sp³-hybridized carbons (Fsp3) is 0.400. The molecule has 0 saturated carbocycles. The van der Waals surface area contributed by atoms with E-state index in [0.717, 1.165) is 38.3 Å². The van der Waals surface area contributed by atoms with E-state index in [2.05, 4.69) is 20.1 Å². The lowest BCUT2D eigenvalue weighted by Crippen LogP contribution is -2.52. The number of rotatable bonds is 6. The van der Waals surface area contributed by atoms with Gasteiger partial charge in [-0.25, -0.2) is 9.37 Å². The smallest absolute Gasteiger partial charge is 0.241 e. The summed E-state index contributed by atoms with van der Waals surface area (Å²) in [4.78, 5) is 21.1. The van der Waals surface area contributed by atoms with Gasteiger partial charge in [-0.05, 0) is 36.8 Å². The molecule has 1 N–H and O–H groups in total. The normalized spacial score (nSPS) is 16.7. The number of halogens is 1. The lowest BCUT2D eigenvalue weighted by atomic mass is 10.2. The summed E-state index contributed by atoms with van der Waals surface area (Å²) in [6.45, 7) is 6.08. The number of hydrogen-bond donors (Lipinski definition) is 1. The second-order valence-corrected chi connectivity index (χ2v) is 6.69. The number of hydrogen-bond acceptors (Lipinski definition) is 5. The summed E-state index contributed by atoms with van der Waals surface area (Å²) in [6.07, 6.45) is 1.75. The fourth-order valence-electron chi connectivity index (χ4n) is 3.21. The van der Waals surface area contributed by atoms with Gasteiger partial charge in [0, 0.05) is 50.7 Å². The summed E-state index contributed by atoms with van der Waals surface area (Å²) in [5.41, 5.74) is 1.64. The van der Waals surface area contributed by atoms with Gasteiger partial charge in [0.2, 0.25) is 11.8 Å². The molecule has 1 unspecified atom stereocenters. The number of piperazine rings is 1. The summed E-state index contributed by atoms with van der Waals surface area (Å²) in [5.74, 6) is 0.142. The molecule has 1 atom stereocenters. The van der Waals surface area contributed by atoms with Crippen molar-refractivity contribution in [3.05, 3.63) is 54.0 Å². The molecular weight excluding hydrogens is 347 g/mol. The van der Waals surface area contributed by atoms with Crippen LogP contribution in [0.5, 0.6) is 5.88 Å². The summed E-state index contributed by atoms with van der Waals surface area (Å²) < 4.78 is 18.4. The lowest BCUT2D eigenvalue weighted by Gasteiger charge is -2.37. The van der Waals surface area contributed by atoms with Crippen molar-refractivity contribution in [3.63, 3.8) is 0 Å². The van der Waals surface area contributed by atoms with E-state index in [0.29, 0.717) is 11.6 Å². The van der Waals surface area contributed by atoms with Crippen LogP contribution in [0, 0.1) is 5.82 Å². The zero-order valence-electron chi connectivity index (χ0n) is 15.7. The Morgan fingerprint density at radius 1 is 1.26 bits per heavy atom. The van der Waals surface area contributed by atoms with Gasteiger partial charge in [-0.2, -0.15) is 0 Å². The van der Waals surface area contributed by atoms with E-state index >= 15 is 0 Å². The van der Waals surface area contributed by atoms with Crippen LogP contribution in [-0.4, -0.2) is 60.0 Å². The molecule has 7 heteroatoms. The third kappa shape index (κ3) is 5.24. The Hall–Kier alpha value is -2.51. The number of nitrogens with zero attached hydrogens (tertiary/aromatic N) is 3. The molecule has 0 aliphatic carbocycles. The molecule has 6 nitrogen and oxygen atoms in total. The van der Waals surface area contributed by atoms with Crippen LogP contribution < -0.4 is 10.1 Å². The van der Waals surface area contributed by atoms with Gasteiger partial charge in [0.05, 0.1) is 13.2 Å². The molecular formula is C20H25FN4O2. The highest BCUT2D eigenvalue weighted by atomic mass is 19.1. The van der Waals surface area contributed by atoms with Crippen molar-refractivity contribution in [2.75, 3.05) is 38.6 Å². The van der Waals surface area contributed by atoms with Crippen LogP contribution in [-0.2, 0) is 11.3 Å². The SMILES string of the molecule is COc1cc(CN2CCN(C(C)C(=O)Nc3cccc(F)c3)CC2)ccn1. The molecule has 1 aliphatic rings. The maximum absolute atomic E-state index is 13.3. The Balaban J connectivity index is 1.49. The molecule has 1 aromatic heterocycles. The third-order valence-corrected chi connectivity index (χ3v) is 4.84. The minimum atomic E-state index is -0.359. The third-order valence-electron chi connectivity index (χ3n) is 4.84. The molecule has 2 aromatic rings. The van der Waals surface area contributed by atoms with Crippen LogP contribution >= 0.6 is 0 Å². The second-order valence-electron chi connectivity index (χ2n) is 6.69. The van der Waals surface area contributed by atoms with Gasteiger partial charge < -0.3 is 10.1 Å². The van der Waals surface area contributed by atoms with E-state index in [1.807, 2.05) is 19.1 Å². The number of anilines is 1. The standard InChI is InChI=1S/C20H25FN4O2/c1-15(20(26)23-18-5-3-4-17(21)13-18)25-10-8-24(9-11-25)14-16-6-7-22-19(12-16)27-2/h3-7,12-13,15H,8-11,14H2,1-2H3,(H,23,26). The number of aromatic nitrogens is 1. The van der Waals surface area contributed by atoms with Crippen LogP contribution in [0.3, 0.4) is 0 Å². The van der Waals surface area contributed by atoms with Gasteiger partial charge in [-0.15, -0.1) is 0 Å². The second kappa shape index (κ2) is 8.92. The first-order valence-electron chi connectivity index (χ1n) is 9.07. The first kappa shape index (κ1) is 19.3. The Bertz CT molecular complexity index is 778. The van der Waals surface area contributed by atoms with Crippen molar-refractivity contribution in [1.29, 1.82) is 0 Å². The van der Waals surface area contributed by atoms with Crippen LogP contribution in [0.15, 0.2) is 42.6 Å². The minimum absolute atomic E-state index is 0.118. The summed E-state index contributed by atoms with van der Waals surface area (Å²) >= 11 is 0. The molecule has 2 heterocycles. The number of ether oxygens (including phenoxy) is 1. The molecule has 1 amide bonds. The van der Waals surface area contributed by atoms with Crippen molar-refractivity contribution in [2.45, 2.75) is 19.5 Å². The molecule has 1 aliphatic heterocycles. The number of carbonyl (C=O) groups excluding carboxylic acids is 1. The largest absolute Gasteiger partial charge is 0.481 e. The first-order valence-corrected chi connectivity index (χ1v) is 9.07. The molecule has 144 valence electrons. The van der Waals surface area contributed by atoms with Gasteiger partial charge in [-0.3, -0.25) is 14.6 Å². The number of benzene rings is 1. The topological polar surface area (TPSA) is 57.7 Å². The van der Waals surface area contributed by atoms with Gasteiger partial charge in [0.25, 0.3) is 0 Å². The van der Waals surface area contributed by atoms with Crippen LogP contribution in [0.4, 0.5) is 10.1 Å². The van der Waals surface area contributed by atoms with Crippen molar-refractivity contribution in [3.8, 4) is 5.88 Å². The number of carbonyl (C=O) groups is 1. The maximum Gasteiger partial charge on any atom is 0.241 e. The van der Waals surface area contributed by atoms with Gasteiger partial charge in [0.1, 0.15) is 5.82 Å². The molecule has 1 aromatic carbocycles. The van der Waals surface area contributed by atoms with E-state index in [1.165, 1.54) is 12.1 Å². The van der Waals surface area contributed by atoms with E-state index in [1.54, 1.807) is 25.4 Å². The summed E-state index contributed by atoms with van der Waals surface area (Å²) in [5, 5.41) is 2.79. The molecule has 1 fully saturated rings. The van der Waals surface area contributed by atoms with Gasteiger partial charge in [0.15, 0.2) is 0 Å². The van der Waals surface area contributed by atoms with Crippen molar-refractivity contribution in [1.82, 2.24) is 14.8 Å². The van der Waals surface area contributed by atoms with Crippen LogP contribution in [0.25, 0.3) is 0 Å². The van der Waals surface area contributed by atoms with Gasteiger partial charge in [-0.1, -0.05) is 6.07 Å². The highest BCUT2D eigenvalue weighted by molar-refractivity contribution is 5.94. The van der Waals surface area contributed by atoms with Crippen LogP contribution in [0.1, 0.15) is 12.5 Å². The van der Waals surface area contributed by atoms with Crippen molar-refractivity contribution in [2.24, 2.45) is 0 Å². The Kier molecular flexibility index (Phi) is 6.36. The summed E-state index contributed by atoms with van der Waals surface area (Å²) in [7, 11) is 1.61. The highest BCUT2D eigenvalue weighted by Gasteiger charge is 2.25. The minimum Gasteiger partial charge on any atom is -0.481 e. The summed E-state index contributed by atoms with van der Waals surface area (Å²) in [6, 6.07) is 9.63. The van der Waals surface area contributed by atoms with E-state index in [-0.39, 0.29) is 17.8 Å². The number of amides is 1. The number of nitrogens with one attached hydrogen (secondary N) is 1. The maximum atomic E-state index is 13.3. The predicted octanol–water partition coefficient (Wildman–Crippen LogP) is 2.37. The highest BCUT2D eigenvalue weighted by Crippen LogP contribution is 2.15. The quantitative estimate of drug-likeness (QED) is 0.844. The van der Waals surface area contributed by atoms with Gasteiger partial charge >= 0.3 is 0 Å². The first-order chi connectivity index (χ1) is 13.0. The Labute approximate surface area is 158 Å². The van der Waals surface area contributed by atoms with Crippen molar-refractivity contribution >= 4 is 11.6 Å². The number of pyridine rings is 1. The number of methoxy groups -OCH3 is 1. The van der Waals surface area contributed by atoms with E-state index in [4.69, 9.17) is 4.74 Å². The predicted molar refractivity (Wildman–Crippen MR) is 102 cm³/mol. The average Bonchev–Trinajstić information content (AvgIpc) is 2.68. The Morgan fingerprint density at radius 3 is 2.74 bits per heavy atom.